The normalized spacial score (nSPS) is 14.7. The van der Waals surface area contributed by atoms with Gasteiger partial charge in [-0.1, -0.05) is 78.1 Å². The summed E-state index contributed by atoms with van der Waals surface area (Å²) < 4.78 is 13.7. The van der Waals surface area contributed by atoms with Crippen molar-refractivity contribution in [3.63, 3.8) is 0 Å². The second-order valence-electron chi connectivity index (χ2n) is 10.8. The Bertz CT molecular complexity index is 2050. The molecular formula is C36H33N3O4S. The Labute approximate surface area is 259 Å². The summed E-state index contributed by atoms with van der Waals surface area (Å²) >= 11 is 1.31. The molecule has 1 aliphatic heterocycles. The van der Waals surface area contributed by atoms with Gasteiger partial charge in [0, 0.05) is 19.8 Å². The van der Waals surface area contributed by atoms with Crippen LogP contribution in [0.1, 0.15) is 36.6 Å². The van der Waals surface area contributed by atoms with Crippen molar-refractivity contribution in [3.05, 3.63) is 139 Å². The highest BCUT2D eigenvalue weighted by Gasteiger charge is 2.33. The number of aromatic nitrogens is 1. The van der Waals surface area contributed by atoms with Gasteiger partial charge in [0.15, 0.2) is 4.80 Å². The molecule has 6 rings (SSSR count). The molecule has 8 heteroatoms. The molecule has 222 valence electrons. The number of carbonyl (C=O) groups excluding carboxylic acids is 1. The molecule has 0 radical (unpaired) electrons. The molecule has 0 saturated carbocycles. The number of benzene rings is 4. The summed E-state index contributed by atoms with van der Waals surface area (Å²) in [6.07, 6.45) is 1.86. The lowest BCUT2D eigenvalue weighted by Gasteiger charge is -2.25. The lowest BCUT2D eigenvalue weighted by molar-refractivity contribution is -0.139. The van der Waals surface area contributed by atoms with E-state index in [0.29, 0.717) is 27.2 Å². The van der Waals surface area contributed by atoms with Gasteiger partial charge in [-0.25, -0.2) is 9.79 Å². The van der Waals surface area contributed by atoms with Gasteiger partial charge in [-0.2, -0.15) is 0 Å². The minimum absolute atomic E-state index is 0.207. The van der Waals surface area contributed by atoms with Gasteiger partial charge in [-0.3, -0.25) is 9.36 Å². The first kappa shape index (κ1) is 29.1. The van der Waals surface area contributed by atoms with E-state index in [0.717, 1.165) is 28.1 Å². The topological polar surface area (TPSA) is 73.1 Å². The van der Waals surface area contributed by atoms with Crippen LogP contribution in [0, 0.1) is 0 Å². The van der Waals surface area contributed by atoms with E-state index in [9.17, 15) is 9.59 Å². The third kappa shape index (κ3) is 5.68. The van der Waals surface area contributed by atoms with Gasteiger partial charge in [0.1, 0.15) is 12.4 Å². The lowest BCUT2D eigenvalue weighted by atomic mass is 9.95. The molecule has 1 aromatic heterocycles. The summed E-state index contributed by atoms with van der Waals surface area (Å²) in [7, 11) is 3.94. The molecule has 7 nitrogen and oxygen atoms in total. The van der Waals surface area contributed by atoms with E-state index in [1.807, 2.05) is 91.8 Å². The van der Waals surface area contributed by atoms with Crippen molar-refractivity contribution >= 4 is 39.8 Å². The van der Waals surface area contributed by atoms with E-state index in [2.05, 4.69) is 29.3 Å². The van der Waals surface area contributed by atoms with E-state index in [4.69, 9.17) is 9.47 Å². The maximum atomic E-state index is 13.9. The number of hydrogen-bond acceptors (Lipinski definition) is 7. The van der Waals surface area contributed by atoms with E-state index < -0.39 is 12.0 Å². The van der Waals surface area contributed by atoms with Crippen LogP contribution in [-0.2, 0) is 16.1 Å². The molecule has 1 aliphatic rings. The van der Waals surface area contributed by atoms with Crippen molar-refractivity contribution in [2.75, 3.05) is 25.6 Å². The zero-order valence-electron chi connectivity index (χ0n) is 25.1. The molecule has 2 heterocycles. The average Bonchev–Trinajstić information content (AvgIpc) is 3.33. The smallest absolute Gasteiger partial charge is 0.338 e. The standard InChI is InChI=1S/C36H33N3O4S/c1-5-42-35(41)32-23(2)37-36-39(33(32)26-15-17-28(18-16-26)38(3)4)34(40)31(44-36)21-24-13-19-29(20-14-24)43-22-27-11-8-10-25-9-6-7-12-30(25)27/h6-21,33H,5,22H2,1-4H3. The number of thiazole rings is 1. The number of rotatable bonds is 8. The third-order valence-electron chi connectivity index (χ3n) is 7.69. The first-order valence-corrected chi connectivity index (χ1v) is 15.3. The van der Waals surface area contributed by atoms with Crippen LogP contribution < -0.4 is 24.5 Å². The fourth-order valence-corrected chi connectivity index (χ4v) is 6.50. The molecule has 0 N–H and O–H groups in total. The van der Waals surface area contributed by atoms with Gasteiger partial charge in [0.05, 0.1) is 28.5 Å². The Morgan fingerprint density at radius 3 is 2.43 bits per heavy atom. The molecule has 0 amide bonds. The minimum Gasteiger partial charge on any atom is -0.489 e. The Balaban J connectivity index is 1.32. The fraction of sp³-hybridized carbons (Fsp3) is 0.194. The van der Waals surface area contributed by atoms with Crippen LogP contribution in [0.3, 0.4) is 0 Å². The van der Waals surface area contributed by atoms with Crippen molar-refractivity contribution in [2.24, 2.45) is 4.99 Å². The lowest BCUT2D eigenvalue weighted by Crippen LogP contribution is -2.39. The molecule has 0 spiro atoms. The first-order valence-electron chi connectivity index (χ1n) is 14.5. The van der Waals surface area contributed by atoms with Crippen molar-refractivity contribution in [1.29, 1.82) is 0 Å². The van der Waals surface area contributed by atoms with E-state index in [-0.39, 0.29) is 12.2 Å². The predicted octanol–water partition coefficient (Wildman–Crippen LogP) is 5.60. The zero-order valence-corrected chi connectivity index (χ0v) is 25.9. The molecule has 4 aromatic carbocycles. The summed E-state index contributed by atoms with van der Waals surface area (Å²) in [4.78, 5) is 34.3. The Kier molecular flexibility index (Phi) is 8.17. The zero-order chi connectivity index (χ0) is 30.8. The SMILES string of the molecule is CCOC(=O)C1=C(C)N=c2sc(=Cc3ccc(OCc4cccc5ccccc45)cc3)c(=O)n2C1c1ccc(N(C)C)cc1. The second-order valence-corrected chi connectivity index (χ2v) is 11.8. The molecule has 5 aromatic rings. The van der Waals surface area contributed by atoms with Crippen LogP contribution in [0.4, 0.5) is 5.69 Å². The Morgan fingerprint density at radius 2 is 1.70 bits per heavy atom. The molecular weight excluding hydrogens is 570 g/mol. The Hall–Kier alpha value is -4.95. The predicted molar refractivity (Wildman–Crippen MR) is 176 cm³/mol. The highest BCUT2D eigenvalue weighted by atomic mass is 32.1. The van der Waals surface area contributed by atoms with Crippen LogP contribution >= 0.6 is 11.3 Å². The van der Waals surface area contributed by atoms with E-state index in [1.54, 1.807) is 18.4 Å². The third-order valence-corrected chi connectivity index (χ3v) is 8.68. The minimum atomic E-state index is -0.645. The number of carbonyl (C=O) groups is 1. The van der Waals surface area contributed by atoms with Crippen molar-refractivity contribution < 1.29 is 14.3 Å². The van der Waals surface area contributed by atoms with Crippen LogP contribution in [-0.4, -0.2) is 31.2 Å². The summed E-state index contributed by atoms with van der Waals surface area (Å²) in [5.74, 6) is 0.274. The fourth-order valence-electron chi connectivity index (χ4n) is 5.45. The highest BCUT2D eigenvalue weighted by molar-refractivity contribution is 7.07. The Morgan fingerprint density at radius 1 is 0.977 bits per heavy atom. The first-order chi connectivity index (χ1) is 21.3. The quantitative estimate of drug-likeness (QED) is 0.216. The van der Waals surface area contributed by atoms with E-state index >= 15 is 0 Å². The number of nitrogens with zero attached hydrogens (tertiary/aromatic N) is 3. The van der Waals surface area contributed by atoms with Crippen LogP contribution in [0.15, 0.2) is 112 Å². The molecule has 0 bridgehead atoms. The number of esters is 1. The van der Waals surface area contributed by atoms with Gasteiger partial charge >= 0.3 is 5.97 Å². The van der Waals surface area contributed by atoms with Gasteiger partial charge in [0.2, 0.25) is 0 Å². The summed E-state index contributed by atoms with van der Waals surface area (Å²) in [6, 6.07) is 29.4. The number of ether oxygens (including phenoxy) is 2. The van der Waals surface area contributed by atoms with Crippen LogP contribution in [0.25, 0.3) is 16.8 Å². The number of hydrogen-bond donors (Lipinski definition) is 0. The summed E-state index contributed by atoms with van der Waals surface area (Å²) in [5.41, 5.74) is 4.53. The molecule has 1 unspecified atom stereocenters. The van der Waals surface area contributed by atoms with Crippen molar-refractivity contribution in [3.8, 4) is 5.75 Å². The van der Waals surface area contributed by atoms with Crippen LogP contribution in [0.5, 0.6) is 5.75 Å². The number of anilines is 1. The molecule has 0 saturated heterocycles. The van der Waals surface area contributed by atoms with Gasteiger partial charge < -0.3 is 14.4 Å². The molecule has 0 fully saturated rings. The summed E-state index contributed by atoms with van der Waals surface area (Å²) in [6.45, 7) is 4.25. The average molecular weight is 604 g/mol. The van der Waals surface area contributed by atoms with Gasteiger partial charge in [-0.05, 0) is 71.7 Å². The van der Waals surface area contributed by atoms with Crippen LogP contribution in [0.2, 0.25) is 0 Å². The maximum Gasteiger partial charge on any atom is 0.338 e. The summed E-state index contributed by atoms with van der Waals surface area (Å²) in [5, 5.41) is 2.36. The number of fused-ring (bicyclic) bond motifs is 2. The highest BCUT2D eigenvalue weighted by Crippen LogP contribution is 2.31. The molecule has 1 atom stereocenters. The largest absolute Gasteiger partial charge is 0.489 e. The molecule has 0 aliphatic carbocycles. The monoisotopic (exact) mass is 603 g/mol. The number of allylic oxidation sites excluding steroid dienone is 1. The second kappa shape index (κ2) is 12.3. The van der Waals surface area contributed by atoms with Gasteiger partial charge in [-0.15, -0.1) is 0 Å². The maximum absolute atomic E-state index is 13.9. The molecule has 44 heavy (non-hydrogen) atoms. The van der Waals surface area contributed by atoms with Crippen molar-refractivity contribution in [1.82, 2.24) is 4.57 Å². The van der Waals surface area contributed by atoms with Gasteiger partial charge in [0.25, 0.3) is 5.56 Å². The van der Waals surface area contributed by atoms with Crippen molar-refractivity contribution in [2.45, 2.75) is 26.5 Å². The van der Waals surface area contributed by atoms with E-state index in [1.165, 1.54) is 22.1 Å².